The van der Waals surface area contributed by atoms with Crippen LogP contribution < -0.4 is 10.6 Å². The van der Waals surface area contributed by atoms with E-state index in [-0.39, 0.29) is 24.0 Å². The van der Waals surface area contributed by atoms with E-state index in [0.717, 1.165) is 55.5 Å². The van der Waals surface area contributed by atoms with Gasteiger partial charge in [-0.1, -0.05) is 65.8 Å². The molecule has 4 rings (SSSR count). The Bertz CT molecular complexity index is 937. The van der Waals surface area contributed by atoms with Gasteiger partial charge in [-0.3, -0.25) is 9.89 Å². The molecule has 0 unspecified atom stereocenters. The van der Waals surface area contributed by atoms with Crippen LogP contribution in [0, 0.1) is 0 Å². The molecule has 1 fully saturated rings. The van der Waals surface area contributed by atoms with E-state index >= 15 is 0 Å². The first kappa shape index (κ1) is 23.3. The molecular weight excluding hydrogens is 501 g/mol. The Morgan fingerprint density at radius 2 is 1.74 bits per heavy atom. The van der Waals surface area contributed by atoms with Crippen molar-refractivity contribution >= 4 is 29.9 Å². The molecule has 0 radical (unpaired) electrons. The maximum Gasteiger partial charge on any atom is 0.191 e. The molecular formula is C24H30IN5O. The van der Waals surface area contributed by atoms with E-state index in [1.54, 1.807) is 7.05 Å². The van der Waals surface area contributed by atoms with Gasteiger partial charge in [0.05, 0.1) is 6.54 Å². The zero-order chi connectivity index (χ0) is 20.6. The molecule has 1 aliphatic rings. The lowest BCUT2D eigenvalue weighted by Gasteiger charge is -2.33. The minimum Gasteiger partial charge on any atom is -0.356 e. The molecule has 2 N–H and O–H groups in total. The second-order valence-corrected chi connectivity index (χ2v) is 7.65. The molecule has 2 aromatic carbocycles. The number of aliphatic imine (C=N–C) groups is 1. The van der Waals surface area contributed by atoms with Crippen molar-refractivity contribution in [3.05, 3.63) is 78.0 Å². The Balaban J connectivity index is 0.00000272. The van der Waals surface area contributed by atoms with Crippen molar-refractivity contribution < 1.29 is 4.52 Å². The van der Waals surface area contributed by atoms with Gasteiger partial charge < -0.3 is 15.2 Å². The van der Waals surface area contributed by atoms with Gasteiger partial charge in [-0.2, -0.15) is 0 Å². The largest absolute Gasteiger partial charge is 0.356 e. The number of hydrogen-bond donors (Lipinski definition) is 2. The van der Waals surface area contributed by atoms with Crippen molar-refractivity contribution in [2.24, 2.45) is 4.99 Å². The van der Waals surface area contributed by atoms with E-state index in [9.17, 15) is 0 Å². The molecule has 0 amide bonds. The zero-order valence-corrected chi connectivity index (χ0v) is 20.2. The Morgan fingerprint density at radius 3 is 2.42 bits per heavy atom. The Labute approximate surface area is 201 Å². The van der Waals surface area contributed by atoms with E-state index in [1.165, 1.54) is 5.56 Å². The number of halogens is 1. The van der Waals surface area contributed by atoms with Gasteiger partial charge in [0, 0.05) is 44.4 Å². The standard InChI is InChI=1S/C24H29N5O.HI/c1-25-24(26-17-22-16-23(30-28-22)20-10-6-3-7-11-20)27-21-12-14-29(15-13-21)18-19-8-4-2-5-9-19;/h2-11,16,21H,12-15,17-18H2,1H3,(H2,25,26,27);1H. The molecule has 164 valence electrons. The Morgan fingerprint density at radius 1 is 1.06 bits per heavy atom. The van der Waals surface area contributed by atoms with Crippen LogP contribution in [0.5, 0.6) is 0 Å². The van der Waals surface area contributed by atoms with Gasteiger partial charge in [-0.15, -0.1) is 24.0 Å². The predicted molar refractivity (Wildman–Crippen MR) is 135 cm³/mol. The predicted octanol–water partition coefficient (Wildman–Crippen LogP) is 4.29. The van der Waals surface area contributed by atoms with Gasteiger partial charge in [-0.05, 0) is 18.4 Å². The van der Waals surface area contributed by atoms with E-state index in [1.807, 2.05) is 36.4 Å². The van der Waals surface area contributed by atoms with Crippen LogP contribution in [0.25, 0.3) is 11.3 Å². The minimum atomic E-state index is 0. The van der Waals surface area contributed by atoms with Crippen molar-refractivity contribution in [3.63, 3.8) is 0 Å². The first-order valence-electron chi connectivity index (χ1n) is 10.5. The molecule has 0 atom stereocenters. The molecule has 1 aromatic heterocycles. The van der Waals surface area contributed by atoms with Crippen molar-refractivity contribution in [3.8, 4) is 11.3 Å². The molecule has 0 bridgehead atoms. The highest BCUT2D eigenvalue weighted by atomic mass is 127. The summed E-state index contributed by atoms with van der Waals surface area (Å²) in [7, 11) is 1.80. The van der Waals surface area contributed by atoms with Crippen LogP contribution in [0.15, 0.2) is 76.2 Å². The summed E-state index contributed by atoms with van der Waals surface area (Å²) in [6.07, 6.45) is 2.21. The van der Waals surface area contributed by atoms with Gasteiger partial charge in [0.15, 0.2) is 11.7 Å². The molecule has 3 aromatic rings. The fraction of sp³-hybridized carbons (Fsp3) is 0.333. The first-order chi connectivity index (χ1) is 14.8. The maximum atomic E-state index is 5.47. The monoisotopic (exact) mass is 531 g/mol. The highest BCUT2D eigenvalue weighted by Crippen LogP contribution is 2.19. The van der Waals surface area contributed by atoms with E-state index in [2.05, 4.69) is 56.0 Å². The van der Waals surface area contributed by atoms with Crippen molar-refractivity contribution in [1.29, 1.82) is 0 Å². The number of nitrogens with zero attached hydrogens (tertiary/aromatic N) is 3. The summed E-state index contributed by atoms with van der Waals surface area (Å²) in [4.78, 5) is 6.89. The normalized spacial score (nSPS) is 15.3. The fourth-order valence-electron chi connectivity index (χ4n) is 3.77. The number of nitrogens with one attached hydrogen (secondary N) is 2. The van der Waals surface area contributed by atoms with Crippen LogP contribution in [-0.2, 0) is 13.1 Å². The average molecular weight is 531 g/mol. The second kappa shape index (κ2) is 11.9. The molecule has 0 aliphatic carbocycles. The summed E-state index contributed by atoms with van der Waals surface area (Å²) >= 11 is 0. The highest BCUT2D eigenvalue weighted by molar-refractivity contribution is 14.0. The molecule has 31 heavy (non-hydrogen) atoms. The second-order valence-electron chi connectivity index (χ2n) is 7.65. The minimum absolute atomic E-state index is 0. The van der Waals surface area contributed by atoms with Gasteiger partial charge in [0.1, 0.15) is 5.69 Å². The van der Waals surface area contributed by atoms with Crippen LogP contribution in [0.4, 0.5) is 0 Å². The summed E-state index contributed by atoms with van der Waals surface area (Å²) in [5.41, 5.74) is 3.26. The average Bonchev–Trinajstić information content (AvgIpc) is 3.28. The summed E-state index contributed by atoms with van der Waals surface area (Å²) in [6.45, 7) is 3.78. The quantitative estimate of drug-likeness (QED) is 0.282. The Hall–Kier alpha value is -2.39. The maximum absolute atomic E-state index is 5.47. The molecule has 2 heterocycles. The van der Waals surface area contributed by atoms with E-state index in [0.29, 0.717) is 12.6 Å². The summed E-state index contributed by atoms with van der Waals surface area (Å²) in [6, 6.07) is 23.1. The lowest BCUT2D eigenvalue weighted by atomic mass is 10.0. The first-order valence-corrected chi connectivity index (χ1v) is 10.5. The van der Waals surface area contributed by atoms with Crippen molar-refractivity contribution in [2.75, 3.05) is 20.1 Å². The number of aromatic nitrogens is 1. The fourth-order valence-corrected chi connectivity index (χ4v) is 3.77. The number of likely N-dealkylation sites (tertiary alicyclic amines) is 1. The molecule has 1 aliphatic heterocycles. The summed E-state index contributed by atoms with van der Waals surface area (Å²) < 4.78 is 5.47. The van der Waals surface area contributed by atoms with Gasteiger partial charge in [-0.25, -0.2) is 0 Å². The van der Waals surface area contributed by atoms with Gasteiger partial charge >= 0.3 is 0 Å². The third-order valence-electron chi connectivity index (χ3n) is 5.46. The van der Waals surface area contributed by atoms with Crippen LogP contribution >= 0.6 is 24.0 Å². The van der Waals surface area contributed by atoms with E-state index in [4.69, 9.17) is 4.52 Å². The number of guanidine groups is 1. The SMILES string of the molecule is CN=C(NCc1cc(-c2ccccc2)on1)NC1CCN(Cc2ccccc2)CC1.I. The lowest BCUT2D eigenvalue weighted by Crippen LogP contribution is -2.48. The molecule has 6 nitrogen and oxygen atoms in total. The summed E-state index contributed by atoms with van der Waals surface area (Å²) in [5.74, 6) is 1.59. The molecule has 0 spiro atoms. The zero-order valence-electron chi connectivity index (χ0n) is 17.8. The number of benzene rings is 2. The molecule has 0 saturated carbocycles. The van der Waals surface area contributed by atoms with Crippen LogP contribution in [0.2, 0.25) is 0 Å². The Kier molecular flexibility index (Phi) is 8.90. The topological polar surface area (TPSA) is 65.7 Å². The van der Waals surface area contributed by atoms with Crippen molar-refractivity contribution in [2.45, 2.75) is 32.0 Å². The van der Waals surface area contributed by atoms with Crippen LogP contribution in [0.3, 0.4) is 0 Å². The molecule has 7 heteroatoms. The number of rotatable bonds is 6. The van der Waals surface area contributed by atoms with Crippen LogP contribution in [-0.4, -0.2) is 42.2 Å². The van der Waals surface area contributed by atoms with E-state index < -0.39 is 0 Å². The van der Waals surface area contributed by atoms with Crippen molar-refractivity contribution in [1.82, 2.24) is 20.7 Å². The van der Waals surface area contributed by atoms with Crippen LogP contribution in [0.1, 0.15) is 24.1 Å². The number of hydrogen-bond acceptors (Lipinski definition) is 4. The third kappa shape index (κ3) is 6.80. The van der Waals surface area contributed by atoms with Gasteiger partial charge in [0.2, 0.25) is 0 Å². The summed E-state index contributed by atoms with van der Waals surface area (Å²) in [5, 5.41) is 11.1. The smallest absolute Gasteiger partial charge is 0.191 e. The lowest BCUT2D eigenvalue weighted by molar-refractivity contribution is 0.198. The third-order valence-corrected chi connectivity index (χ3v) is 5.46. The number of piperidine rings is 1. The highest BCUT2D eigenvalue weighted by Gasteiger charge is 2.20. The van der Waals surface area contributed by atoms with Gasteiger partial charge in [0.25, 0.3) is 0 Å². The molecule has 1 saturated heterocycles.